The van der Waals surface area contributed by atoms with Gasteiger partial charge in [0.05, 0.1) is 5.69 Å². The van der Waals surface area contributed by atoms with Gasteiger partial charge in [-0.3, -0.25) is 4.98 Å². The van der Waals surface area contributed by atoms with Crippen LogP contribution in [0.2, 0.25) is 0 Å². The quantitative estimate of drug-likeness (QED) is 0.633. The van der Waals surface area contributed by atoms with Crippen LogP contribution in [-0.4, -0.2) is 25.0 Å². The minimum Gasteiger partial charge on any atom is -0.508 e. The highest BCUT2D eigenvalue weighted by molar-refractivity contribution is 5.37. The fraction of sp³-hybridized carbons (Fsp3) is 0.111. The SMILES string of the molecule is O=c1[nH]c(CO)nn1-c1cccc(O)c1. The highest BCUT2D eigenvalue weighted by atomic mass is 16.3. The van der Waals surface area contributed by atoms with Crippen LogP contribution < -0.4 is 5.69 Å². The summed E-state index contributed by atoms with van der Waals surface area (Å²) in [7, 11) is 0. The zero-order valence-corrected chi connectivity index (χ0v) is 7.71. The van der Waals surface area contributed by atoms with Crippen LogP contribution in [0.4, 0.5) is 0 Å². The van der Waals surface area contributed by atoms with Crippen molar-refractivity contribution in [1.29, 1.82) is 0 Å². The van der Waals surface area contributed by atoms with Crippen LogP contribution in [0.25, 0.3) is 5.69 Å². The lowest BCUT2D eigenvalue weighted by Gasteiger charge is -1.98. The molecule has 6 nitrogen and oxygen atoms in total. The molecular weight excluding hydrogens is 198 g/mol. The number of rotatable bonds is 2. The lowest BCUT2D eigenvalue weighted by molar-refractivity contribution is 0.271. The molecule has 2 aromatic rings. The highest BCUT2D eigenvalue weighted by Gasteiger charge is 2.06. The molecule has 1 aromatic heterocycles. The summed E-state index contributed by atoms with van der Waals surface area (Å²) in [6.07, 6.45) is 0. The minimum atomic E-state index is -0.454. The average molecular weight is 207 g/mol. The Kier molecular flexibility index (Phi) is 2.26. The Morgan fingerprint density at radius 1 is 1.47 bits per heavy atom. The zero-order valence-electron chi connectivity index (χ0n) is 7.71. The number of aromatic amines is 1. The molecule has 0 aliphatic heterocycles. The molecule has 1 heterocycles. The third kappa shape index (κ3) is 1.75. The zero-order chi connectivity index (χ0) is 10.8. The van der Waals surface area contributed by atoms with Crippen LogP contribution in [0.3, 0.4) is 0 Å². The number of aliphatic hydroxyl groups is 1. The molecule has 0 radical (unpaired) electrons. The van der Waals surface area contributed by atoms with Crippen LogP contribution >= 0.6 is 0 Å². The number of hydrogen-bond acceptors (Lipinski definition) is 4. The summed E-state index contributed by atoms with van der Waals surface area (Å²) in [5, 5.41) is 21.8. The maximum absolute atomic E-state index is 11.4. The van der Waals surface area contributed by atoms with Crippen molar-refractivity contribution in [2.24, 2.45) is 0 Å². The summed E-state index contributed by atoms with van der Waals surface area (Å²) in [6, 6.07) is 6.13. The molecule has 15 heavy (non-hydrogen) atoms. The van der Waals surface area contributed by atoms with Gasteiger partial charge in [0.25, 0.3) is 0 Å². The van der Waals surface area contributed by atoms with E-state index in [9.17, 15) is 9.90 Å². The van der Waals surface area contributed by atoms with Crippen LogP contribution in [0, 0.1) is 0 Å². The summed E-state index contributed by atoms with van der Waals surface area (Å²) in [6.45, 7) is -0.332. The molecule has 78 valence electrons. The number of aromatic nitrogens is 3. The molecular formula is C9H9N3O3. The van der Waals surface area contributed by atoms with Gasteiger partial charge in [0.15, 0.2) is 5.82 Å². The number of nitrogens with one attached hydrogen (secondary N) is 1. The summed E-state index contributed by atoms with van der Waals surface area (Å²) in [5.41, 5.74) is -0.0133. The minimum absolute atomic E-state index is 0.0490. The Bertz CT molecular complexity index is 529. The molecule has 1 aromatic carbocycles. The number of H-pyrrole nitrogens is 1. The van der Waals surface area contributed by atoms with Crippen LogP contribution in [0.15, 0.2) is 29.1 Å². The van der Waals surface area contributed by atoms with Gasteiger partial charge in [-0.05, 0) is 12.1 Å². The molecule has 0 fully saturated rings. The molecule has 0 atom stereocenters. The number of benzene rings is 1. The van der Waals surface area contributed by atoms with E-state index in [2.05, 4.69) is 10.1 Å². The van der Waals surface area contributed by atoms with Gasteiger partial charge in [-0.15, -0.1) is 5.10 Å². The fourth-order valence-corrected chi connectivity index (χ4v) is 1.24. The second-order valence-electron chi connectivity index (χ2n) is 2.97. The van der Waals surface area contributed by atoms with Crippen molar-refractivity contribution in [3.63, 3.8) is 0 Å². The van der Waals surface area contributed by atoms with E-state index in [1.807, 2.05) is 0 Å². The van der Waals surface area contributed by atoms with Gasteiger partial charge < -0.3 is 10.2 Å². The van der Waals surface area contributed by atoms with Crippen LogP contribution in [0.1, 0.15) is 5.82 Å². The van der Waals surface area contributed by atoms with Crippen molar-refractivity contribution in [2.45, 2.75) is 6.61 Å². The van der Waals surface area contributed by atoms with Crippen LogP contribution in [-0.2, 0) is 6.61 Å². The lowest BCUT2D eigenvalue weighted by Crippen LogP contribution is -2.15. The summed E-state index contributed by atoms with van der Waals surface area (Å²) in [4.78, 5) is 13.7. The first-order valence-corrected chi connectivity index (χ1v) is 4.29. The van der Waals surface area contributed by atoms with Crippen molar-refractivity contribution in [3.05, 3.63) is 40.6 Å². The van der Waals surface area contributed by atoms with Gasteiger partial charge in [0.2, 0.25) is 0 Å². The molecule has 0 unspecified atom stereocenters. The third-order valence-electron chi connectivity index (χ3n) is 1.89. The van der Waals surface area contributed by atoms with Gasteiger partial charge >= 0.3 is 5.69 Å². The van der Waals surface area contributed by atoms with Gasteiger partial charge in [-0.1, -0.05) is 6.07 Å². The Hall–Kier alpha value is -2.08. The molecule has 6 heteroatoms. The van der Waals surface area contributed by atoms with Gasteiger partial charge in [-0.2, -0.15) is 4.68 Å². The summed E-state index contributed by atoms with van der Waals surface area (Å²) < 4.78 is 1.07. The first kappa shape index (κ1) is 9.47. The first-order valence-electron chi connectivity index (χ1n) is 4.29. The van der Waals surface area contributed by atoms with Gasteiger partial charge in [-0.25, -0.2) is 4.79 Å². The lowest BCUT2D eigenvalue weighted by atomic mass is 10.3. The predicted octanol–water partition coefficient (Wildman–Crippen LogP) is -0.242. The Labute approximate surface area is 84.4 Å². The van der Waals surface area contributed by atoms with Crippen LogP contribution in [0.5, 0.6) is 5.75 Å². The molecule has 3 N–H and O–H groups in total. The third-order valence-corrected chi connectivity index (χ3v) is 1.89. The van der Waals surface area contributed by atoms with E-state index in [-0.39, 0.29) is 18.2 Å². The largest absolute Gasteiger partial charge is 0.508 e. The number of aliphatic hydroxyl groups excluding tert-OH is 1. The highest BCUT2D eigenvalue weighted by Crippen LogP contribution is 2.12. The molecule has 0 aliphatic carbocycles. The summed E-state index contributed by atoms with van der Waals surface area (Å²) >= 11 is 0. The molecule has 2 rings (SSSR count). The number of phenols is 1. The molecule has 0 spiro atoms. The second kappa shape index (κ2) is 3.58. The normalized spacial score (nSPS) is 10.5. The molecule has 0 saturated heterocycles. The van der Waals surface area contributed by atoms with Gasteiger partial charge in [0, 0.05) is 6.07 Å². The first-order chi connectivity index (χ1) is 7.20. The van der Waals surface area contributed by atoms with Crippen molar-refractivity contribution >= 4 is 0 Å². The fourth-order valence-electron chi connectivity index (χ4n) is 1.24. The maximum atomic E-state index is 11.4. The van der Waals surface area contributed by atoms with Gasteiger partial charge in [0.1, 0.15) is 12.4 Å². The number of aromatic hydroxyl groups is 1. The maximum Gasteiger partial charge on any atom is 0.348 e. The van der Waals surface area contributed by atoms with E-state index < -0.39 is 5.69 Å². The number of nitrogens with zero attached hydrogens (tertiary/aromatic N) is 2. The topological polar surface area (TPSA) is 91.1 Å². The van der Waals surface area contributed by atoms with E-state index in [0.29, 0.717) is 5.69 Å². The average Bonchev–Trinajstić information content (AvgIpc) is 2.60. The standard InChI is InChI=1S/C9H9N3O3/c13-5-8-10-9(15)12(11-8)6-2-1-3-7(14)4-6/h1-4,13-14H,5H2,(H,10,11,15). The van der Waals surface area contributed by atoms with Crippen molar-refractivity contribution in [2.75, 3.05) is 0 Å². The van der Waals surface area contributed by atoms with Crippen molar-refractivity contribution in [1.82, 2.24) is 14.8 Å². The van der Waals surface area contributed by atoms with E-state index in [4.69, 9.17) is 5.11 Å². The molecule has 0 saturated carbocycles. The van der Waals surface area contributed by atoms with E-state index in [0.717, 1.165) is 4.68 Å². The van der Waals surface area contributed by atoms with Crippen molar-refractivity contribution < 1.29 is 10.2 Å². The molecule has 0 aliphatic rings. The van der Waals surface area contributed by atoms with Crippen molar-refractivity contribution in [3.8, 4) is 11.4 Å². The smallest absolute Gasteiger partial charge is 0.348 e. The summed E-state index contributed by atoms with van der Waals surface area (Å²) in [5.74, 6) is 0.233. The Morgan fingerprint density at radius 2 is 2.27 bits per heavy atom. The Balaban J connectivity index is 2.54. The predicted molar refractivity (Wildman–Crippen MR) is 51.8 cm³/mol. The second-order valence-corrected chi connectivity index (χ2v) is 2.97. The monoisotopic (exact) mass is 207 g/mol. The number of hydrogen-bond donors (Lipinski definition) is 3. The Morgan fingerprint density at radius 3 is 2.87 bits per heavy atom. The number of phenolic OH excluding ortho intramolecular Hbond substituents is 1. The van der Waals surface area contributed by atoms with E-state index in [1.165, 1.54) is 12.1 Å². The van der Waals surface area contributed by atoms with E-state index >= 15 is 0 Å². The van der Waals surface area contributed by atoms with E-state index in [1.54, 1.807) is 12.1 Å². The molecule has 0 bridgehead atoms. The molecule has 0 amide bonds.